The van der Waals surface area contributed by atoms with E-state index in [-0.39, 0.29) is 0 Å². The summed E-state index contributed by atoms with van der Waals surface area (Å²) in [5.41, 5.74) is 4.66. The highest BCUT2D eigenvalue weighted by Crippen LogP contribution is 2.36. The van der Waals surface area contributed by atoms with Crippen molar-refractivity contribution in [2.24, 2.45) is 7.05 Å². The number of benzene rings is 1. The minimum absolute atomic E-state index is 0.668. The van der Waals surface area contributed by atoms with E-state index in [2.05, 4.69) is 52.8 Å². The molecule has 2 rings (SSSR count). The fourth-order valence-electron chi connectivity index (χ4n) is 2.20. The van der Waals surface area contributed by atoms with Gasteiger partial charge >= 0.3 is 0 Å². The third-order valence-electron chi connectivity index (χ3n) is 3.56. The summed E-state index contributed by atoms with van der Waals surface area (Å²) < 4.78 is 8.43. The van der Waals surface area contributed by atoms with Crippen molar-refractivity contribution in [3.05, 3.63) is 44.6 Å². The Morgan fingerprint density at radius 2 is 2.00 bits per heavy atom. The van der Waals surface area contributed by atoms with Gasteiger partial charge in [-0.2, -0.15) is 0 Å². The first-order chi connectivity index (χ1) is 9.43. The Kier molecular flexibility index (Phi) is 4.66. The summed E-state index contributed by atoms with van der Waals surface area (Å²) in [6.45, 7) is 4.96. The van der Waals surface area contributed by atoms with Crippen LogP contribution in [0.3, 0.4) is 0 Å². The van der Waals surface area contributed by atoms with Gasteiger partial charge in [-0.1, -0.05) is 11.6 Å². The summed E-state index contributed by atoms with van der Waals surface area (Å²) in [6.07, 6.45) is 0. The third-order valence-corrected chi connectivity index (χ3v) is 4.37. The zero-order valence-electron chi connectivity index (χ0n) is 12.1. The van der Waals surface area contributed by atoms with Gasteiger partial charge in [0.05, 0.1) is 17.3 Å². The number of ether oxygens (including phenoxy) is 1. The molecule has 0 aliphatic rings. The summed E-state index contributed by atoms with van der Waals surface area (Å²) in [7, 11) is 3.72. The van der Waals surface area contributed by atoms with Crippen molar-refractivity contribution in [3.8, 4) is 5.75 Å². The highest BCUT2D eigenvalue weighted by atomic mass is 79.9. The molecule has 0 aliphatic heterocycles. The fourth-order valence-corrected chi connectivity index (χ4v) is 3.17. The van der Waals surface area contributed by atoms with Crippen molar-refractivity contribution in [1.29, 1.82) is 0 Å². The quantitative estimate of drug-likeness (QED) is 0.860. The molecule has 5 heteroatoms. The minimum atomic E-state index is 0.668. The Hall–Kier alpha value is -1.13. The van der Waals surface area contributed by atoms with Crippen LogP contribution in [0, 0.1) is 13.8 Å². The molecule has 2 aromatic rings. The lowest BCUT2D eigenvalue weighted by molar-refractivity contribution is 0.414. The monoisotopic (exact) mass is 356 g/mol. The van der Waals surface area contributed by atoms with E-state index in [4.69, 9.17) is 16.3 Å². The normalized spacial score (nSPS) is 10.7. The Morgan fingerprint density at radius 3 is 2.55 bits per heavy atom. The number of anilines is 1. The van der Waals surface area contributed by atoms with Gasteiger partial charge in [0.15, 0.2) is 5.75 Å². The van der Waals surface area contributed by atoms with Crippen molar-refractivity contribution in [2.45, 2.75) is 20.4 Å². The van der Waals surface area contributed by atoms with Crippen molar-refractivity contribution in [3.63, 3.8) is 0 Å². The predicted octanol–water partition coefficient (Wildman–Crippen LogP) is 4.68. The Balaban J connectivity index is 2.24. The van der Waals surface area contributed by atoms with Crippen LogP contribution in [-0.4, -0.2) is 11.7 Å². The van der Waals surface area contributed by atoms with Crippen molar-refractivity contribution in [2.75, 3.05) is 12.4 Å². The number of hydrogen-bond acceptors (Lipinski definition) is 2. The van der Waals surface area contributed by atoms with E-state index >= 15 is 0 Å². The summed E-state index contributed by atoms with van der Waals surface area (Å²) >= 11 is 9.55. The molecule has 108 valence electrons. The smallest absolute Gasteiger partial charge is 0.156 e. The molecule has 0 unspecified atom stereocenters. The van der Waals surface area contributed by atoms with Crippen LogP contribution in [0.2, 0.25) is 5.02 Å². The number of rotatable bonds is 4. The second-order valence-corrected chi connectivity index (χ2v) is 6.07. The zero-order valence-corrected chi connectivity index (χ0v) is 14.4. The maximum absolute atomic E-state index is 6.09. The Morgan fingerprint density at radius 1 is 1.30 bits per heavy atom. The van der Waals surface area contributed by atoms with Gasteiger partial charge in [-0.25, -0.2) is 0 Å². The second-order valence-electron chi connectivity index (χ2n) is 4.78. The number of nitrogens with one attached hydrogen (secondary N) is 1. The molecular weight excluding hydrogens is 340 g/mol. The van der Waals surface area contributed by atoms with Crippen molar-refractivity contribution >= 4 is 33.2 Å². The van der Waals surface area contributed by atoms with E-state index in [0.717, 1.165) is 22.5 Å². The lowest BCUT2D eigenvalue weighted by Gasteiger charge is -2.13. The van der Waals surface area contributed by atoms with E-state index in [1.165, 1.54) is 17.0 Å². The molecular formula is C15H18BrClN2O. The molecule has 0 amide bonds. The molecule has 1 heterocycles. The highest BCUT2D eigenvalue weighted by Gasteiger charge is 2.11. The van der Waals surface area contributed by atoms with Crippen molar-refractivity contribution < 1.29 is 4.74 Å². The Bertz CT molecular complexity index is 637. The largest absolute Gasteiger partial charge is 0.493 e. The van der Waals surface area contributed by atoms with Crippen LogP contribution < -0.4 is 10.1 Å². The SMILES string of the molecule is COc1c(Br)cc(Cl)cc1NCc1cc(C)n(C)c1C. The Labute approximate surface area is 133 Å². The minimum Gasteiger partial charge on any atom is -0.493 e. The summed E-state index contributed by atoms with van der Waals surface area (Å²) in [5.74, 6) is 0.764. The molecule has 1 N–H and O–H groups in total. The number of hydrogen-bond donors (Lipinski definition) is 1. The van der Waals surface area contributed by atoms with E-state index < -0.39 is 0 Å². The van der Waals surface area contributed by atoms with Gasteiger partial charge in [0.25, 0.3) is 0 Å². The van der Waals surface area contributed by atoms with Gasteiger partial charge in [-0.05, 0) is 53.5 Å². The van der Waals surface area contributed by atoms with Gasteiger partial charge < -0.3 is 14.6 Å². The summed E-state index contributed by atoms with van der Waals surface area (Å²) in [4.78, 5) is 0. The van der Waals surface area contributed by atoms with E-state index in [1.807, 2.05) is 12.1 Å². The molecule has 0 fully saturated rings. The summed E-state index contributed by atoms with van der Waals surface area (Å²) in [5, 5.41) is 4.06. The molecule has 20 heavy (non-hydrogen) atoms. The van der Waals surface area contributed by atoms with Crippen LogP contribution in [0.4, 0.5) is 5.69 Å². The molecule has 0 saturated heterocycles. The van der Waals surface area contributed by atoms with Crippen LogP contribution in [0.25, 0.3) is 0 Å². The molecule has 0 aliphatic carbocycles. The lowest BCUT2D eigenvalue weighted by atomic mass is 10.2. The molecule has 0 radical (unpaired) electrons. The first kappa shape index (κ1) is 15.3. The zero-order chi connectivity index (χ0) is 14.9. The molecule has 3 nitrogen and oxygen atoms in total. The number of aromatic nitrogens is 1. The molecule has 0 saturated carbocycles. The fraction of sp³-hybridized carbons (Fsp3) is 0.333. The highest BCUT2D eigenvalue weighted by molar-refractivity contribution is 9.10. The average molecular weight is 358 g/mol. The number of halogens is 2. The molecule has 0 atom stereocenters. The molecule has 1 aromatic heterocycles. The van der Waals surface area contributed by atoms with Crippen LogP contribution >= 0.6 is 27.5 Å². The third kappa shape index (κ3) is 2.96. The molecule has 0 bridgehead atoms. The van der Waals surface area contributed by atoms with Gasteiger partial charge in [-0.15, -0.1) is 0 Å². The molecule has 0 spiro atoms. The van der Waals surface area contributed by atoms with Crippen LogP contribution in [0.15, 0.2) is 22.7 Å². The van der Waals surface area contributed by atoms with E-state index in [0.29, 0.717) is 5.02 Å². The standard InChI is InChI=1S/C15H18BrClN2O/c1-9-5-11(10(2)19(9)3)8-18-14-7-12(17)6-13(16)15(14)20-4/h5-7,18H,8H2,1-4H3. The summed E-state index contributed by atoms with van der Waals surface area (Å²) in [6, 6.07) is 5.88. The average Bonchev–Trinajstić information content (AvgIpc) is 2.63. The topological polar surface area (TPSA) is 26.2 Å². The molecule has 1 aromatic carbocycles. The maximum atomic E-state index is 6.09. The predicted molar refractivity (Wildman–Crippen MR) is 87.9 cm³/mol. The van der Waals surface area contributed by atoms with Gasteiger partial charge in [0.2, 0.25) is 0 Å². The lowest BCUT2D eigenvalue weighted by Crippen LogP contribution is -2.03. The number of aryl methyl sites for hydroxylation is 1. The van der Waals surface area contributed by atoms with Gasteiger partial charge in [-0.3, -0.25) is 0 Å². The first-order valence-electron chi connectivity index (χ1n) is 6.32. The van der Waals surface area contributed by atoms with Gasteiger partial charge in [0, 0.05) is 30.0 Å². The van der Waals surface area contributed by atoms with E-state index in [1.54, 1.807) is 7.11 Å². The van der Waals surface area contributed by atoms with Crippen LogP contribution in [0.5, 0.6) is 5.75 Å². The number of nitrogens with zero attached hydrogens (tertiary/aromatic N) is 1. The van der Waals surface area contributed by atoms with Crippen molar-refractivity contribution in [1.82, 2.24) is 4.57 Å². The van der Waals surface area contributed by atoms with Crippen LogP contribution in [0.1, 0.15) is 17.0 Å². The van der Waals surface area contributed by atoms with Gasteiger partial charge in [0.1, 0.15) is 0 Å². The second kappa shape index (κ2) is 6.10. The maximum Gasteiger partial charge on any atom is 0.156 e. The number of methoxy groups -OCH3 is 1. The van der Waals surface area contributed by atoms with Crippen LogP contribution in [-0.2, 0) is 13.6 Å². The van der Waals surface area contributed by atoms with E-state index in [9.17, 15) is 0 Å². The first-order valence-corrected chi connectivity index (χ1v) is 7.49.